The van der Waals surface area contributed by atoms with E-state index in [9.17, 15) is 5.11 Å². The summed E-state index contributed by atoms with van der Waals surface area (Å²) in [6, 6.07) is 8.45. The van der Waals surface area contributed by atoms with Crippen molar-refractivity contribution in [3.63, 3.8) is 0 Å². The van der Waals surface area contributed by atoms with Gasteiger partial charge in [0, 0.05) is 22.1 Å². The highest BCUT2D eigenvalue weighted by Gasteiger charge is 2.38. The van der Waals surface area contributed by atoms with Crippen molar-refractivity contribution in [1.82, 2.24) is 0 Å². The maximum Gasteiger partial charge on any atom is 0.130 e. The summed E-state index contributed by atoms with van der Waals surface area (Å²) in [4.78, 5) is 0. The third-order valence-electron chi connectivity index (χ3n) is 9.73. The van der Waals surface area contributed by atoms with Crippen LogP contribution in [0.4, 0.5) is 0 Å². The molecular formula is C32H45O3P. The number of ether oxygens (including phenoxy) is 2. The fourth-order valence-corrected chi connectivity index (χ4v) is 11.2. The fraction of sp³-hybridized carbons (Fsp3) is 0.688. The van der Waals surface area contributed by atoms with Crippen LogP contribution in [0.1, 0.15) is 89.9 Å². The molecule has 2 unspecified atom stereocenters. The van der Waals surface area contributed by atoms with E-state index in [4.69, 9.17) is 9.47 Å². The van der Waals surface area contributed by atoms with Gasteiger partial charge in [0.2, 0.25) is 0 Å². The zero-order chi connectivity index (χ0) is 24.3. The number of benzene rings is 2. The Morgan fingerprint density at radius 1 is 0.694 bits per heavy atom. The third kappa shape index (κ3) is 5.38. The van der Waals surface area contributed by atoms with Gasteiger partial charge in [0.1, 0.15) is 17.2 Å². The second kappa shape index (κ2) is 11.5. The standard InChI is InChI=1S/C32H45O3P/c33-28-18-30(35-20-24-12-5-2-6-13-24)27-16-9-17-29(34-19-23-10-3-1-4-11-23)31(27)32(28)36-21-25-14-7-8-15-26(25)22-36/h9,16-18,23-26,33H,1-8,10-15,19-22H2. The summed E-state index contributed by atoms with van der Waals surface area (Å²) in [6.45, 7) is 1.57. The largest absolute Gasteiger partial charge is 0.507 e. The van der Waals surface area contributed by atoms with Gasteiger partial charge >= 0.3 is 0 Å². The van der Waals surface area contributed by atoms with Crippen LogP contribution in [0.3, 0.4) is 0 Å². The zero-order valence-corrected chi connectivity index (χ0v) is 23.0. The molecule has 1 N–H and O–H groups in total. The summed E-state index contributed by atoms with van der Waals surface area (Å²) in [5, 5.41) is 15.1. The topological polar surface area (TPSA) is 38.7 Å². The zero-order valence-electron chi connectivity index (χ0n) is 22.1. The molecule has 0 amide bonds. The van der Waals surface area contributed by atoms with Crippen LogP contribution in [0.5, 0.6) is 17.2 Å². The van der Waals surface area contributed by atoms with E-state index in [0.717, 1.165) is 47.3 Å². The van der Waals surface area contributed by atoms with E-state index in [1.54, 1.807) is 0 Å². The summed E-state index contributed by atoms with van der Waals surface area (Å²) >= 11 is 0. The second-order valence-corrected chi connectivity index (χ2v) is 14.5. The van der Waals surface area contributed by atoms with Gasteiger partial charge in [-0.25, -0.2) is 0 Å². The van der Waals surface area contributed by atoms with Gasteiger partial charge in [-0.15, -0.1) is 0 Å². The molecule has 2 atom stereocenters. The highest BCUT2D eigenvalue weighted by molar-refractivity contribution is 7.66. The Hall–Kier alpha value is -1.47. The first-order chi connectivity index (χ1) is 17.8. The predicted octanol–water partition coefficient (Wildman–Crippen LogP) is 8.39. The van der Waals surface area contributed by atoms with E-state index in [2.05, 4.69) is 18.2 Å². The molecule has 196 valence electrons. The van der Waals surface area contributed by atoms with Gasteiger partial charge in [-0.1, -0.05) is 71.4 Å². The van der Waals surface area contributed by atoms with Crippen LogP contribution in [-0.2, 0) is 0 Å². The van der Waals surface area contributed by atoms with Crippen LogP contribution in [0, 0.1) is 23.7 Å². The Bertz CT molecular complexity index is 1010. The molecule has 0 aromatic heterocycles. The lowest BCUT2D eigenvalue weighted by Crippen LogP contribution is -2.17. The maximum atomic E-state index is 11.5. The average molecular weight is 509 g/mol. The lowest BCUT2D eigenvalue weighted by atomic mass is 9.82. The number of phenolic OH excluding ortho intramolecular Hbond substituents is 1. The van der Waals surface area contributed by atoms with Crippen LogP contribution < -0.4 is 14.8 Å². The van der Waals surface area contributed by atoms with Gasteiger partial charge in [-0.05, 0) is 80.6 Å². The summed E-state index contributed by atoms with van der Waals surface area (Å²) in [5.41, 5.74) is 0. The number of phenols is 1. The van der Waals surface area contributed by atoms with Crippen molar-refractivity contribution in [2.24, 2.45) is 23.7 Å². The quantitative estimate of drug-likeness (QED) is 0.382. The molecule has 1 aliphatic heterocycles. The van der Waals surface area contributed by atoms with Gasteiger partial charge in [0.15, 0.2) is 0 Å². The normalized spacial score (nSPS) is 27.7. The third-order valence-corrected chi connectivity index (χ3v) is 12.6. The number of fused-ring (bicyclic) bond motifs is 2. The molecule has 4 aliphatic rings. The van der Waals surface area contributed by atoms with Crippen molar-refractivity contribution in [1.29, 1.82) is 0 Å². The molecule has 3 saturated carbocycles. The van der Waals surface area contributed by atoms with Gasteiger partial charge in [0.25, 0.3) is 0 Å². The minimum Gasteiger partial charge on any atom is -0.507 e. The molecule has 36 heavy (non-hydrogen) atoms. The van der Waals surface area contributed by atoms with Crippen LogP contribution in [0.2, 0.25) is 0 Å². The molecule has 0 bridgehead atoms. The van der Waals surface area contributed by atoms with Crippen LogP contribution in [-0.4, -0.2) is 30.6 Å². The minimum atomic E-state index is -0.372. The number of rotatable bonds is 7. The van der Waals surface area contributed by atoms with Gasteiger partial charge in [0.05, 0.1) is 13.2 Å². The predicted molar refractivity (Wildman–Crippen MR) is 151 cm³/mol. The van der Waals surface area contributed by atoms with Gasteiger partial charge in [-0.3, -0.25) is 0 Å². The van der Waals surface area contributed by atoms with Crippen LogP contribution in [0.25, 0.3) is 10.8 Å². The van der Waals surface area contributed by atoms with E-state index in [-0.39, 0.29) is 7.92 Å². The lowest BCUT2D eigenvalue weighted by Gasteiger charge is -2.25. The summed E-state index contributed by atoms with van der Waals surface area (Å²) in [7, 11) is -0.372. The van der Waals surface area contributed by atoms with E-state index < -0.39 is 0 Å². The molecule has 1 heterocycles. The van der Waals surface area contributed by atoms with Crippen molar-refractivity contribution in [3.8, 4) is 17.2 Å². The van der Waals surface area contributed by atoms with Crippen molar-refractivity contribution in [2.75, 3.05) is 25.5 Å². The van der Waals surface area contributed by atoms with Crippen LogP contribution >= 0.6 is 7.92 Å². The average Bonchev–Trinajstić information content (AvgIpc) is 3.35. The first-order valence-electron chi connectivity index (χ1n) is 15.1. The Kier molecular flexibility index (Phi) is 7.94. The van der Waals surface area contributed by atoms with Crippen LogP contribution in [0.15, 0.2) is 24.3 Å². The highest BCUT2D eigenvalue weighted by atomic mass is 31.1. The molecule has 4 heteroatoms. The smallest absolute Gasteiger partial charge is 0.130 e. The van der Waals surface area contributed by atoms with Gasteiger partial charge < -0.3 is 14.6 Å². The molecule has 3 nitrogen and oxygen atoms in total. The number of hydrogen-bond acceptors (Lipinski definition) is 3. The Labute approximate surface area is 219 Å². The Balaban J connectivity index is 1.33. The van der Waals surface area contributed by atoms with Gasteiger partial charge in [-0.2, -0.15) is 0 Å². The molecule has 6 rings (SSSR count). The summed E-state index contributed by atoms with van der Waals surface area (Å²) in [6.07, 6.45) is 21.3. The van der Waals surface area contributed by atoms with Crippen molar-refractivity contribution >= 4 is 24.0 Å². The van der Waals surface area contributed by atoms with E-state index in [1.807, 2.05) is 6.07 Å². The van der Waals surface area contributed by atoms with E-state index >= 15 is 0 Å². The molecule has 3 aliphatic carbocycles. The lowest BCUT2D eigenvalue weighted by molar-refractivity contribution is 0.209. The minimum absolute atomic E-state index is 0.372. The SMILES string of the molecule is Oc1cc(OCC2CCCCC2)c2cccc(OCC3CCCCC3)c2c1P1CC2CCCCC2C1. The molecule has 1 saturated heterocycles. The van der Waals surface area contributed by atoms with E-state index in [1.165, 1.54) is 108 Å². The second-order valence-electron chi connectivity index (χ2n) is 12.3. The van der Waals surface area contributed by atoms with Crippen molar-refractivity contribution in [2.45, 2.75) is 89.9 Å². The summed E-state index contributed by atoms with van der Waals surface area (Å²) < 4.78 is 13.1. The fourth-order valence-electron chi connectivity index (χ4n) is 7.65. The maximum absolute atomic E-state index is 11.5. The number of hydrogen-bond donors (Lipinski definition) is 1. The number of aromatic hydroxyl groups is 1. The summed E-state index contributed by atoms with van der Waals surface area (Å²) in [5.74, 6) is 5.31. The molecule has 2 aromatic rings. The molecule has 4 fully saturated rings. The molecule has 0 spiro atoms. The molecule has 2 aromatic carbocycles. The Morgan fingerprint density at radius 2 is 1.25 bits per heavy atom. The van der Waals surface area contributed by atoms with Crippen molar-refractivity contribution in [3.05, 3.63) is 24.3 Å². The molecule has 0 radical (unpaired) electrons. The first-order valence-corrected chi connectivity index (χ1v) is 16.8. The highest BCUT2D eigenvalue weighted by Crippen LogP contribution is 2.56. The van der Waals surface area contributed by atoms with Crippen molar-refractivity contribution < 1.29 is 14.6 Å². The Morgan fingerprint density at radius 3 is 1.86 bits per heavy atom. The monoisotopic (exact) mass is 508 g/mol. The van der Waals surface area contributed by atoms with E-state index in [0.29, 0.717) is 17.6 Å². The molecular weight excluding hydrogens is 463 g/mol. The first kappa shape index (κ1) is 24.8.